The van der Waals surface area contributed by atoms with Crippen molar-refractivity contribution in [1.29, 1.82) is 0 Å². The van der Waals surface area contributed by atoms with Gasteiger partial charge in [-0.3, -0.25) is 19.2 Å². The molecule has 1 aromatic rings. The maximum atomic E-state index is 11.9. The first-order chi connectivity index (χ1) is 14.6. The topological polar surface area (TPSA) is 117 Å². The van der Waals surface area contributed by atoms with E-state index in [2.05, 4.69) is 5.32 Å². The molecule has 170 valence electrons. The smallest absolute Gasteiger partial charge is 0.303 e. The van der Waals surface area contributed by atoms with Crippen molar-refractivity contribution in [2.75, 3.05) is 6.61 Å². The second-order valence-electron chi connectivity index (χ2n) is 7.15. The van der Waals surface area contributed by atoms with Crippen LogP contribution in [0.4, 0.5) is 0 Å². The van der Waals surface area contributed by atoms with Gasteiger partial charge in [0.05, 0.1) is 0 Å². The Kier molecular flexibility index (Phi) is 8.88. The Morgan fingerprint density at radius 2 is 1.52 bits per heavy atom. The van der Waals surface area contributed by atoms with E-state index in [-0.39, 0.29) is 12.5 Å². The van der Waals surface area contributed by atoms with E-state index >= 15 is 0 Å². The molecule has 0 radical (unpaired) electrons. The van der Waals surface area contributed by atoms with Gasteiger partial charge < -0.3 is 24.3 Å². The van der Waals surface area contributed by atoms with Gasteiger partial charge in [0.1, 0.15) is 24.2 Å². The predicted molar refractivity (Wildman–Crippen MR) is 111 cm³/mol. The molecule has 2 rings (SSSR count). The predicted octanol–water partition coefficient (Wildman–Crippen LogP) is 1.74. The number of rotatable bonds is 7. The highest BCUT2D eigenvalue weighted by Gasteiger charge is 2.51. The van der Waals surface area contributed by atoms with Gasteiger partial charge in [0.25, 0.3) is 0 Å². The lowest BCUT2D eigenvalue weighted by atomic mass is 9.97. The number of esters is 3. The van der Waals surface area contributed by atoms with Gasteiger partial charge in [-0.2, -0.15) is 0 Å². The molecule has 1 heterocycles. The van der Waals surface area contributed by atoms with Crippen LogP contribution in [0.3, 0.4) is 0 Å². The molecule has 0 saturated carbocycles. The number of carbonyl (C=O) groups is 4. The number of amides is 1. The van der Waals surface area contributed by atoms with Crippen LogP contribution in [0.15, 0.2) is 29.2 Å². The second-order valence-corrected chi connectivity index (χ2v) is 8.32. The van der Waals surface area contributed by atoms with Crippen molar-refractivity contribution < 1.29 is 38.1 Å². The molecule has 0 unspecified atom stereocenters. The summed E-state index contributed by atoms with van der Waals surface area (Å²) in [6, 6.07) is 6.83. The molecule has 1 saturated heterocycles. The lowest BCUT2D eigenvalue weighted by Crippen LogP contribution is -2.65. The molecule has 0 aliphatic carbocycles. The van der Waals surface area contributed by atoms with E-state index in [0.29, 0.717) is 0 Å². The van der Waals surface area contributed by atoms with Gasteiger partial charge in [0.2, 0.25) is 5.91 Å². The highest BCUT2D eigenvalue weighted by atomic mass is 32.2. The van der Waals surface area contributed by atoms with Crippen molar-refractivity contribution in [2.45, 2.75) is 69.3 Å². The molecule has 31 heavy (non-hydrogen) atoms. The van der Waals surface area contributed by atoms with Gasteiger partial charge in [-0.1, -0.05) is 29.5 Å². The van der Waals surface area contributed by atoms with Crippen LogP contribution in [-0.4, -0.2) is 60.2 Å². The van der Waals surface area contributed by atoms with Crippen molar-refractivity contribution in [2.24, 2.45) is 0 Å². The average Bonchev–Trinajstić information content (AvgIpc) is 2.65. The Morgan fingerprint density at radius 1 is 0.935 bits per heavy atom. The fourth-order valence-electron chi connectivity index (χ4n) is 3.14. The molecule has 1 aromatic carbocycles. The van der Waals surface area contributed by atoms with Crippen LogP contribution in [-0.2, 0) is 38.1 Å². The zero-order valence-corrected chi connectivity index (χ0v) is 18.9. The van der Waals surface area contributed by atoms with E-state index in [9.17, 15) is 19.2 Å². The molecule has 1 N–H and O–H groups in total. The fraction of sp³-hybridized carbons (Fsp3) is 0.524. The molecular weight excluding hydrogens is 426 g/mol. The van der Waals surface area contributed by atoms with E-state index in [4.69, 9.17) is 18.9 Å². The Hall–Kier alpha value is -2.59. The third kappa shape index (κ3) is 7.55. The first kappa shape index (κ1) is 24.7. The molecule has 0 spiro atoms. The van der Waals surface area contributed by atoms with E-state index in [1.807, 2.05) is 31.2 Å². The summed E-state index contributed by atoms with van der Waals surface area (Å²) in [6.45, 7) is 6.72. The maximum absolute atomic E-state index is 11.9. The molecule has 1 amide bonds. The van der Waals surface area contributed by atoms with Crippen molar-refractivity contribution in [3.8, 4) is 0 Å². The third-order valence-corrected chi connectivity index (χ3v) is 5.53. The number of thioether (sulfide) groups is 1. The highest BCUT2D eigenvalue weighted by Crippen LogP contribution is 2.36. The van der Waals surface area contributed by atoms with Gasteiger partial charge in [-0.05, 0) is 19.1 Å². The van der Waals surface area contributed by atoms with Gasteiger partial charge in [0.15, 0.2) is 12.2 Å². The summed E-state index contributed by atoms with van der Waals surface area (Å²) in [4.78, 5) is 47.7. The summed E-state index contributed by atoms with van der Waals surface area (Å²) in [7, 11) is 0. The first-order valence-electron chi connectivity index (χ1n) is 9.70. The van der Waals surface area contributed by atoms with E-state index in [1.54, 1.807) is 0 Å². The summed E-state index contributed by atoms with van der Waals surface area (Å²) >= 11 is 1.30. The normalized spacial score (nSPS) is 25.3. The van der Waals surface area contributed by atoms with Crippen LogP contribution in [0, 0.1) is 6.92 Å². The summed E-state index contributed by atoms with van der Waals surface area (Å²) in [6.07, 6.45) is -3.06. The Balaban J connectivity index is 2.43. The van der Waals surface area contributed by atoms with Crippen LogP contribution in [0.5, 0.6) is 0 Å². The monoisotopic (exact) mass is 453 g/mol. The van der Waals surface area contributed by atoms with E-state index in [0.717, 1.165) is 10.5 Å². The molecule has 0 bridgehead atoms. The van der Waals surface area contributed by atoms with Crippen LogP contribution in [0.1, 0.15) is 33.3 Å². The van der Waals surface area contributed by atoms with E-state index < -0.39 is 47.7 Å². The van der Waals surface area contributed by atoms with Crippen LogP contribution in [0.25, 0.3) is 0 Å². The number of nitrogens with one attached hydrogen (secondary N) is 1. The first-order valence-corrected chi connectivity index (χ1v) is 10.6. The minimum absolute atomic E-state index is 0.219. The molecular formula is C21H27NO8S. The second kappa shape index (κ2) is 11.1. The lowest BCUT2D eigenvalue weighted by Gasteiger charge is -2.45. The molecule has 1 fully saturated rings. The zero-order valence-electron chi connectivity index (χ0n) is 18.1. The number of benzene rings is 1. The van der Waals surface area contributed by atoms with Crippen LogP contribution in [0.2, 0.25) is 0 Å². The lowest BCUT2D eigenvalue weighted by molar-refractivity contribution is -0.211. The summed E-state index contributed by atoms with van der Waals surface area (Å²) < 4.78 is 22.1. The molecule has 5 atom stereocenters. The number of hydrogen-bond acceptors (Lipinski definition) is 9. The van der Waals surface area contributed by atoms with Gasteiger partial charge >= 0.3 is 17.9 Å². The number of carbonyl (C=O) groups excluding carboxylic acids is 4. The molecule has 1 aliphatic heterocycles. The van der Waals surface area contributed by atoms with E-state index in [1.165, 1.54) is 39.5 Å². The molecule has 10 heteroatoms. The minimum Gasteiger partial charge on any atom is -0.463 e. The fourth-order valence-corrected chi connectivity index (χ4v) is 4.27. The Labute approximate surface area is 185 Å². The SMILES string of the molecule is CC(=O)N[C@@H]1[C@@H](OC(C)=O)[C@@H](OC(C)=O)[C@@H](COC(C)=O)O[C@H]1Sc1ccc(C)cc1. The minimum atomic E-state index is -1.09. The molecule has 9 nitrogen and oxygen atoms in total. The summed E-state index contributed by atoms with van der Waals surface area (Å²) in [5, 5.41) is 2.75. The Bertz CT molecular complexity index is 812. The zero-order chi connectivity index (χ0) is 23.1. The van der Waals surface area contributed by atoms with Gasteiger partial charge in [-0.25, -0.2) is 0 Å². The largest absolute Gasteiger partial charge is 0.463 e. The maximum Gasteiger partial charge on any atom is 0.303 e. The summed E-state index contributed by atoms with van der Waals surface area (Å²) in [5.74, 6) is -2.17. The Morgan fingerprint density at radius 3 is 2.03 bits per heavy atom. The summed E-state index contributed by atoms with van der Waals surface area (Å²) in [5.41, 5.74) is 0.357. The molecule has 0 aromatic heterocycles. The van der Waals surface area contributed by atoms with Crippen molar-refractivity contribution in [3.05, 3.63) is 29.8 Å². The average molecular weight is 454 g/mol. The van der Waals surface area contributed by atoms with Crippen LogP contribution < -0.4 is 5.32 Å². The van der Waals surface area contributed by atoms with Gasteiger partial charge in [-0.15, -0.1) is 0 Å². The number of hydrogen-bond donors (Lipinski definition) is 1. The van der Waals surface area contributed by atoms with Crippen molar-refractivity contribution in [1.82, 2.24) is 5.32 Å². The molecule has 1 aliphatic rings. The standard InChI is InChI=1S/C21H27NO8S/c1-11-6-8-16(9-7-11)31-21-18(22-12(2)23)20(29-15(5)26)19(28-14(4)25)17(30-21)10-27-13(3)24/h6-9,17-21H,10H2,1-5H3,(H,22,23)/t17-,18-,19+,20-,21+/m1/s1. The quantitative estimate of drug-likeness (QED) is 0.486. The number of aryl methyl sites for hydroxylation is 1. The highest BCUT2D eigenvalue weighted by molar-refractivity contribution is 7.99. The van der Waals surface area contributed by atoms with Crippen LogP contribution >= 0.6 is 11.8 Å². The van der Waals surface area contributed by atoms with Gasteiger partial charge in [0, 0.05) is 32.6 Å². The number of ether oxygens (including phenoxy) is 4. The van der Waals surface area contributed by atoms with Crippen molar-refractivity contribution >= 4 is 35.6 Å². The van der Waals surface area contributed by atoms with Crippen molar-refractivity contribution in [3.63, 3.8) is 0 Å². The third-order valence-electron chi connectivity index (χ3n) is 4.34.